The van der Waals surface area contributed by atoms with E-state index < -0.39 is 0 Å². The van der Waals surface area contributed by atoms with Gasteiger partial charge in [-0.25, -0.2) is 4.98 Å². The van der Waals surface area contributed by atoms with E-state index in [4.69, 9.17) is 11.6 Å². The first kappa shape index (κ1) is 14.7. The van der Waals surface area contributed by atoms with Gasteiger partial charge in [0.25, 0.3) is 5.91 Å². The summed E-state index contributed by atoms with van der Waals surface area (Å²) in [5.74, 6) is 0.0676. The molecule has 0 saturated carbocycles. The fraction of sp³-hybridized carbons (Fsp3) is 0.571. The number of hydrogen-bond acceptors (Lipinski definition) is 3. The largest absolute Gasteiger partial charge is 0.336 e. The van der Waals surface area contributed by atoms with Crippen LogP contribution in [0, 0.1) is 0 Å². The van der Waals surface area contributed by atoms with Crippen LogP contribution in [0.5, 0.6) is 0 Å². The van der Waals surface area contributed by atoms with Crippen LogP contribution >= 0.6 is 23.4 Å². The fourth-order valence-electron chi connectivity index (χ4n) is 2.38. The molecule has 3 nitrogen and oxygen atoms in total. The van der Waals surface area contributed by atoms with E-state index in [2.05, 4.69) is 18.8 Å². The van der Waals surface area contributed by atoms with Crippen molar-refractivity contribution in [2.45, 2.75) is 37.7 Å². The van der Waals surface area contributed by atoms with Crippen molar-refractivity contribution < 1.29 is 4.79 Å². The summed E-state index contributed by atoms with van der Waals surface area (Å²) >= 11 is 7.92. The minimum Gasteiger partial charge on any atom is -0.336 e. The first-order valence-electron chi connectivity index (χ1n) is 6.60. The molecule has 0 spiro atoms. The third-order valence-electron chi connectivity index (χ3n) is 3.16. The number of carbonyl (C=O) groups is 1. The molecule has 0 aliphatic carbocycles. The van der Waals surface area contributed by atoms with E-state index >= 15 is 0 Å². The lowest BCUT2D eigenvalue weighted by Gasteiger charge is -2.34. The van der Waals surface area contributed by atoms with Crippen molar-refractivity contribution in [3.8, 4) is 0 Å². The molecule has 19 heavy (non-hydrogen) atoms. The number of amides is 1. The summed E-state index contributed by atoms with van der Waals surface area (Å²) in [6.45, 7) is 7.94. The summed E-state index contributed by atoms with van der Waals surface area (Å²) in [4.78, 5) is 18.7. The van der Waals surface area contributed by atoms with Crippen LogP contribution in [0.3, 0.4) is 0 Å². The zero-order chi connectivity index (χ0) is 14.0. The Hall–Kier alpha value is -0.740. The van der Waals surface area contributed by atoms with Gasteiger partial charge in [0.05, 0.1) is 0 Å². The zero-order valence-electron chi connectivity index (χ0n) is 11.5. The monoisotopic (exact) mass is 298 g/mol. The molecular formula is C14H19ClN2OS. The van der Waals surface area contributed by atoms with Crippen LogP contribution < -0.4 is 0 Å². The third-order valence-corrected chi connectivity index (χ3v) is 4.58. The van der Waals surface area contributed by atoms with Gasteiger partial charge in [0.1, 0.15) is 5.15 Å². The predicted molar refractivity (Wildman–Crippen MR) is 81.0 cm³/mol. The standard InChI is InChI=1S/C14H19ClN2OS/c1-4-12-5-11(6-13(15)16-12)14(18)17-7-9(2)19-10(3)8-17/h5-6,9-10H,4,7-8H2,1-3H3. The Bertz CT molecular complexity index is 471. The zero-order valence-corrected chi connectivity index (χ0v) is 13.1. The van der Waals surface area contributed by atoms with Crippen LogP contribution in [0.2, 0.25) is 5.15 Å². The summed E-state index contributed by atoms with van der Waals surface area (Å²) in [7, 11) is 0. The first-order valence-corrected chi connectivity index (χ1v) is 7.93. The maximum atomic E-state index is 12.5. The summed E-state index contributed by atoms with van der Waals surface area (Å²) in [6, 6.07) is 3.52. The molecule has 2 atom stereocenters. The normalized spacial score (nSPS) is 23.5. The number of aromatic nitrogens is 1. The minimum absolute atomic E-state index is 0.0676. The highest BCUT2D eigenvalue weighted by atomic mass is 35.5. The maximum Gasteiger partial charge on any atom is 0.254 e. The van der Waals surface area contributed by atoms with Gasteiger partial charge in [-0.05, 0) is 18.6 Å². The van der Waals surface area contributed by atoms with Gasteiger partial charge in [-0.15, -0.1) is 0 Å². The lowest BCUT2D eigenvalue weighted by Crippen LogP contribution is -2.44. The number of rotatable bonds is 2. The number of carbonyl (C=O) groups excluding carboxylic acids is 1. The lowest BCUT2D eigenvalue weighted by molar-refractivity contribution is 0.0753. The van der Waals surface area contributed by atoms with E-state index in [9.17, 15) is 4.79 Å². The molecule has 0 radical (unpaired) electrons. The Balaban J connectivity index is 2.21. The first-order chi connectivity index (χ1) is 8.99. The van der Waals surface area contributed by atoms with Crippen LogP contribution in [-0.2, 0) is 6.42 Å². The summed E-state index contributed by atoms with van der Waals surface area (Å²) in [6.07, 6.45) is 0.781. The van der Waals surface area contributed by atoms with Gasteiger partial charge in [-0.1, -0.05) is 32.4 Å². The fourth-order valence-corrected chi connectivity index (χ4v) is 3.93. The Kier molecular flexibility index (Phi) is 4.74. The van der Waals surface area contributed by atoms with Gasteiger partial charge in [0, 0.05) is 34.8 Å². The number of pyridine rings is 1. The maximum absolute atomic E-state index is 12.5. The van der Waals surface area contributed by atoms with E-state index in [1.165, 1.54) is 0 Å². The van der Waals surface area contributed by atoms with Gasteiger partial charge < -0.3 is 4.90 Å². The Morgan fingerprint density at radius 3 is 2.63 bits per heavy atom. The molecule has 1 aromatic rings. The van der Waals surface area contributed by atoms with E-state index in [1.54, 1.807) is 6.07 Å². The van der Waals surface area contributed by atoms with Gasteiger partial charge in [-0.3, -0.25) is 4.79 Å². The second kappa shape index (κ2) is 6.14. The SMILES string of the molecule is CCc1cc(C(=O)N2CC(C)SC(C)C2)cc(Cl)n1. The van der Waals surface area contributed by atoms with Crippen molar-refractivity contribution in [2.75, 3.05) is 13.1 Å². The molecule has 104 valence electrons. The third kappa shape index (κ3) is 3.63. The Morgan fingerprint density at radius 2 is 2.05 bits per heavy atom. The highest BCUT2D eigenvalue weighted by Gasteiger charge is 2.26. The molecule has 2 unspecified atom stereocenters. The molecule has 5 heteroatoms. The Labute approximate surface area is 123 Å². The average Bonchev–Trinajstić information content (AvgIpc) is 2.35. The van der Waals surface area contributed by atoms with Crippen molar-refractivity contribution >= 4 is 29.3 Å². The predicted octanol–water partition coefficient (Wildman–Crippen LogP) is 3.26. The summed E-state index contributed by atoms with van der Waals surface area (Å²) < 4.78 is 0. The molecule has 1 saturated heterocycles. The van der Waals surface area contributed by atoms with E-state index in [0.717, 1.165) is 25.2 Å². The number of thioether (sulfide) groups is 1. The molecule has 2 heterocycles. The summed E-state index contributed by atoms with van der Waals surface area (Å²) in [5, 5.41) is 1.36. The van der Waals surface area contributed by atoms with Crippen molar-refractivity contribution in [3.63, 3.8) is 0 Å². The molecule has 1 aromatic heterocycles. The van der Waals surface area contributed by atoms with Crippen molar-refractivity contribution in [3.05, 3.63) is 28.5 Å². The van der Waals surface area contributed by atoms with Crippen molar-refractivity contribution in [1.82, 2.24) is 9.88 Å². The van der Waals surface area contributed by atoms with Crippen LogP contribution in [-0.4, -0.2) is 39.4 Å². The van der Waals surface area contributed by atoms with E-state index in [-0.39, 0.29) is 5.91 Å². The van der Waals surface area contributed by atoms with Gasteiger partial charge in [0.15, 0.2) is 0 Å². The van der Waals surface area contributed by atoms with Crippen LogP contribution in [0.1, 0.15) is 36.8 Å². The van der Waals surface area contributed by atoms with Gasteiger partial charge in [-0.2, -0.15) is 11.8 Å². The molecule has 0 bridgehead atoms. The number of hydrogen-bond donors (Lipinski definition) is 0. The molecule has 0 N–H and O–H groups in total. The molecule has 1 amide bonds. The number of halogens is 1. The van der Waals surface area contributed by atoms with E-state index in [1.807, 2.05) is 29.7 Å². The molecule has 0 aromatic carbocycles. The van der Waals surface area contributed by atoms with Gasteiger partial charge >= 0.3 is 0 Å². The molecule has 2 rings (SSSR count). The highest BCUT2D eigenvalue weighted by Crippen LogP contribution is 2.26. The van der Waals surface area contributed by atoms with Crippen LogP contribution in [0.4, 0.5) is 0 Å². The smallest absolute Gasteiger partial charge is 0.254 e. The number of aryl methyl sites for hydroxylation is 1. The second-order valence-electron chi connectivity index (χ2n) is 4.99. The lowest BCUT2D eigenvalue weighted by atomic mass is 10.1. The van der Waals surface area contributed by atoms with Crippen LogP contribution in [0.25, 0.3) is 0 Å². The van der Waals surface area contributed by atoms with Crippen LogP contribution in [0.15, 0.2) is 12.1 Å². The highest BCUT2D eigenvalue weighted by molar-refractivity contribution is 8.00. The van der Waals surface area contributed by atoms with Gasteiger partial charge in [0.2, 0.25) is 0 Å². The molecular weight excluding hydrogens is 280 g/mol. The molecule has 1 aliphatic heterocycles. The second-order valence-corrected chi connectivity index (χ2v) is 7.26. The topological polar surface area (TPSA) is 33.2 Å². The Morgan fingerprint density at radius 1 is 1.42 bits per heavy atom. The quantitative estimate of drug-likeness (QED) is 0.786. The molecule has 1 aliphatic rings. The van der Waals surface area contributed by atoms with E-state index in [0.29, 0.717) is 21.2 Å². The summed E-state index contributed by atoms with van der Waals surface area (Å²) in [5.41, 5.74) is 1.52. The molecule has 1 fully saturated rings. The number of nitrogens with zero attached hydrogens (tertiary/aromatic N) is 2. The van der Waals surface area contributed by atoms with Crippen molar-refractivity contribution in [2.24, 2.45) is 0 Å². The minimum atomic E-state index is 0.0676. The average molecular weight is 299 g/mol. The van der Waals surface area contributed by atoms with Crippen molar-refractivity contribution in [1.29, 1.82) is 0 Å².